The number of amides is 3. The van der Waals surface area contributed by atoms with Crippen LogP contribution < -0.4 is 11.2 Å². The van der Waals surface area contributed by atoms with Crippen molar-refractivity contribution in [3.8, 4) is 0 Å². The molecule has 0 bridgehead atoms. The van der Waals surface area contributed by atoms with E-state index >= 15 is 0 Å². The van der Waals surface area contributed by atoms with Gasteiger partial charge in [-0.25, -0.2) is 15.4 Å². The molecule has 1 aromatic carbocycles. The fourth-order valence-corrected chi connectivity index (χ4v) is 1.40. The Kier molecular flexibility index (Phi) is 4.67. The van der Waals surface area contributed by atoms with E-state index in [0.29, 0.717) is 11.6 Å². The maximum Gasteiger partial charge on any atom is 0.430 e. The predicted octanol–water partition coefficient (Wildman–Crippen LogP) is 2.59. The summed E-state index contributed by atoms with van der Waals surface area (Å²) < 4.78 is 0. The average molecular weight is 251 g/mol. The number of carbonyl (C=O) groups is 2. The highest BCUT2D eigenvalue weighted by Gasteiger charge is 2.16. The Morgan fingerprint density at radius 1 is 1.39 bits per heavy atom. The van der Waals surface area contributed by atoms with Crippen molar-refractivity contribution in [3.05, 3.63) is 29.8 Å². The number of hydrogen-bond donors (Lipinski definition) is 3. The van der Waals surface area contributed by atoms with Crippen LogP contribution in [0.2, 0.25) is 0 Å². The number of carbonyl (C=O) groups excluding carboxylic acids is 1. The second-order valence-electron chi connectivity index (χ2n) is 4.01. The van der Waals surface area contributed by atoms with Gasteiger partial charge < -0.3 is 10.4 Å². The van der Waals surface area contributed by atoms with E-state index in [2.05, 4.69) is 19.2 Å². The van der Waals surface area contributed by atoms with Gasteiger partial charge in [0, 0.05) is 5.69 Å². The van der Waals surface area contributed by atoms with Crippen molar-refractivity contribution in [2.75, 3.05) is 5.32 Å². The number of carboxylic acid groups (broad SMARTS) is 1. The average Bonchev–Trinajstić information content (AvgIpc) is 2.37. The molecule has 18 heavy (non-hydrogen) atoms. The van der Waals surface area contributed by atoms with Gasteiger partial charge in [-0.1, -0.05) is 26.0 Å². The Hall–Kier alpha value is -2.08. The first-order valence-electron chi connectivity index (χ1n) is 5.64. The number of anilines is 1. The van der Waals surface area contributed by atoms with Crippen LogP contribution in [0, 0.1) is 0 Å². The third kappa shape index (κ3) is 3.46. The van der Waals surface area contributed by atoms with Crippen LogP contribution >= 0.6 is 0 Å². The molecule has 0 radical (unpaired) electrons. The van der Waals surface area contributed by atoms with Gasteiger partial charge in [0.05, 0.1) is 0 Å². The largest absolute Gasteiger partial charge is 0.464 e. The minimum Gasteiger partial charge on any atom is -0.464 e. The van der Waals surface area contributed by atoms with E-state index in [9.17, 15) is 9.59 Å². The third-order valence-corrected chi connectivity index (χ3v) is 2.77. The highest BCUT2D eigenvalue weighted by Crippen LogP contribution is 2.20. The Morgan fingerprint density at radius 2 is 1.94 bits per heavy atom. The van der Waals surface area contributed by atoms with E-state index in [4.69, 9.17) is 10.9 Å². The summed E-state index contributed by atoms with van der Waals surface area (Å²) in [4.78, 5) is 21.8. The predicted molar refractivity (Wildman–Crippen MR) is 68.2 cm³/mol. The fourth-order valence-electron chi connectivity index (χ4n) is 1.40. The molecule has 0 saturated heterocycles. The van der Waals surface area contributed by atoms with E-state index in [0.717, 1.165) is 6.42 Å². The molecular formula is C12H17N3O3. The standard InChI is InChI=1S/C12H17N3O3/c1-3-8(2)9-4-6-10(7-5-9)14-11(16)15(13)12(17)18/h4-8H,3,13H2,1-2H3,(H,14,16)(H,17,18). The van der Waals surface area contributed by atoms with Gasteiger partial charge in [0.2, 0.25) is 0 Å². The molecule has 1 atom stereocenters. The first kappa shape index (κ1) is 14.0. The normalized spacial score (nSPS) is 11.7. The molecule has 4 N–H and O–H groups in total. The maximum atomic E-state index is 11.3. The minimum absolute atomic E-state index is 0.0998. The number of imide groups is 1. The molecule has 1 rings (SSSR count). The highest BCUT2D eigenvalue weighted by atomic mass is 16.4. The zero-order valence-corrected chi connectivity index (χ0v) is 10.4. The van der Waals surface area contributed by atoms with Gasteiger partial charge in [-0.05, 0) is 30.0 Å². The smallest absolute Gasteiger partial charge is 0.430 e. The number of rotatable bonds is 3. The summed E-state index contributed by atoms with van der Waals surface area (Å²) >= 11 is 0. The molecule has 0 saturated carbocycles. The molecular weight excluding hydrogens is 234 g/mol. The summed E-state index contributed by atoms with van der Waals surface area (Å²) in [6.45, 7) is 4.21. The molecule has 0 aliphatic carbocycles. The van der Waals surface area contributed by atoms with Crippen molar-refractivity contribution in [3.63, 3.8) is 0 Å². The molecule has 1 aromatic rings. The van der Waals surface area contributed by atoms with E-state index in [1.165, 1.54) is 5.56 Å². The van der Waals surface area contributed by atoms with Crippen LogP contribution in [0.1, 0.15) is 31.7 Å². The van der Waals surface area contributed by atoms with Crippen LogP contribution in [0.3, 0.4) is 0 Å². The number of nitrogens with one attached hydrogen (secondary N) is 1. The van der Waals surface area contributed by atoms with Crippen LogP contribution in [-0.2, 0) is 0 Å². The number of hydrazine groups is 1. The summed E-state index contributed by atoms with van der Waals surface area (Å²) in [5, 5.41) is 11.0. The fraction of sp³-hybridized carbons (Fsp3) is 0.333. The van der Waals surface area contributed by atoms with Crippen LogP contribution in [-0.4, -0.2) is 22.2 Å². The van der Waals surface area contributed by atoms with Crippen LogP contribution in [0.5, 0.6) is 0 Å². The van der Waals surface area contributed by atoms with Crippen molar-refractivity contribution in [2.24, 2.45) is 5.84 Å². The van der Waals surface area contributed by atoms with Gasteiger partial charge in [0.15, 0.2) is 0 Å². The summed E-state index contributed by atoms with van der Waals surface area (Å²) in [7, 11) is 0. The Labute approximate surface area is 105 Å². The third-order valence-electron chi connectivity index (χ3n) is 2.77. The molecule has 0 fully saturated rings. The van der Waals surface area contributed by atoms with Gasteiger partial charge in [0.25, 0.3) is 0 Å². The lowest BCUT2D eigenvalue weighted by Gasteiger charge is -2.13. The Balaban J connectivity index is 2.69. The van der Waals surface area contributed by atoms with Crippen molar-refractivity contribution < 1.29 is 14.7 Å². The molecule has 0 spiro atoms. The highest BCUT2D eigenvalue weighted by molar-refractivity contribution is 5.97. The van der Waals surface area contributed by atoms with Crippen molar-refractivity contribution in [1.29, 1.82) is 0 Å². The number of benzene rings is 1. The first-order valence-corrected chi connectivity index (χ1v) is 5.64. The van der Waals surface area contributed by atoms with Crippen LogP contribution in [0.25, 0.3) is 0 Å². The van der Waals surface area contributed by atoms with E-state index in [1.807, 2.05) is 12.1 Å². The quantitative estimate of drug-likeness (QED) is 0.437. The molecule has 3 amide bonds. The maximum absolute atomic E-state index is 11.3. The summed E-state index contributed by atoms with van der Waals surface area (Å²) in [6, 6.07) is 6.33. The molecule has 1 unspecified atom stereocenters. The number of nitrogens with zero attached hydrogens (tertiary/aromatic N) is 1. The van der Waals surface area contributed by atoms with Gasteiger partial charge in [0.1, 0.15) is 0 Å². The first-order chi connectivity index (χ1) is 8.45. The lowest BCUT2D eigenvalue weighted by Crippen LogP contribution is -2.44. The summed E-state index contributed by atoms with van der Waals surface area (Å²) in [6.07, 6.45) is -0.481. The SMILES string of the molecule is CCC(C)c1ccc(NC(=O)N(N)C(=O)O)cc1. The summed E-state index contributed by atoms with van der Waals surface area (Å²) in [5.41, 5.74) is 1.67. The number of hydrogen-bond acceptors (Lipinski definition) is 3. The van der Waals surface area contributed by atoms with Gasteiger partial charge in [-0.15, -0.1) is 0 Å². The zero-order valence-electron chi connectivity index (χ0n) is 10.4. The van der Waals surface area contributed by atoms with Gasteiger partial charge in [-0.3, -0.25) is 0 Å². The van der Waals surface area contributed by atoms with E-state index < -0.39 is 12.1 Å². The van der Waals surface area contributed by atoms with E-state index in [-0.39, 0.29) is 5.01 Å². The van der Waals surface area contributed by atoms with Crippen molar-refractivity contribution in [2.45, 2.75) is 26.2 Å². The van der Waals surface area contributed by atoms with Crippen molar-refractivity contribution >= 4 is 17.8 Å². The Morgan fingerprint density at radius 3 is 2.39 bits per heavy atom. The van der Waals surface area contributed by atoms with Crippen LogP contribution in [0.15, 0.2) is 24.3 Å². The molecule has 0 aliphatic rings. The molecule has 98 valence electrons. The zero-order chi connectivity index (χ0) is 13.7. The van der Waals surface area contributed by atoms with Gasteiger partial charge in [-0.2, -0.15) is 5.01 Å². The number of nitrogens with two attached hydrogens (primary N) is 1. The lowest BCUT2D eigenvalue weighted by molar-refractivity contribution is 0.153. The second kappa shape index (κ2) is 6.02. The molecule has 6 heteroatoms. The Bertz CT molecular complexity index is 431. The van der Waals surface area contributed by atoms with Gasteiger partial charge >= 0.3 is 12.1 Å². The topological polar surface area (TPSA) is 95.7 Å². The van der Waals surface area contributed by atoms with Crippen LogP contribution in [0.4, 0.5) is 15.3 Å². The molecule has 6 nitrogen and oxygen atoms in total. The molecule has 0 aliphatic heterocycles. The number of urea groups is 1. The molecule has 0 aromatic heterocycles. The van der Waals surface area contributed by atoms with Crippen molar-refractivity contribution in [1.82, 2.24) is 5.01 Å². The molecule has 0 heterocycles. The lowest BCUT2D eigenvalue weighted by atomic mass is 9.99. The second-order valence-corrected chi connectivity index (χ2v) is 4.01. The van der Waals surface area contributed by atoms with E-state index in [1.54, 1.807) is 12.1 Å². The minimum atomic E-state index is -1.51. The summed E-state index contributed by atoms with van der Waals surface area (Å²) in [5.74, 6) is 5.47. The monoisotopic (exact) mass is 251 g/mol.